The van der Waals surface area contributed by atoms with E-state index in [0.717, 1.165) is 40.2 Å². The van der Waals surface area contributed by atoms with Crippen LogP contribution in [0, 0.1) is 6.92 Å². The SMILES string of the molecule is CCC[C@H](N)c1cc2cc(Cl)cc(C)c2o1. The largest absolute Gasteiger partial charge is 0.459 e. The van der Waals surface area contributed by atoms with Crippen molar-refractivity contribution in [2.24, 2.45) is 5.73 Å². The van der Waals surface area contributed by atoms with Crippen molar-refractivity contribution in [3.05, 3.63) is 34.5 Å². The van der Waals surface area contributed by atoms with Gasteiger partial charge in [-0.3, -0.25) is 0 Å². The van der Waals surface area contributed by atoms with E-state index < -0.39 is 0 Å². The number of aryl methyl sites for hydroxylation is 1. The third-order valence-corrected chi connectivity index (χ3v) is 2.97. The van der Waals surface area contributed by atoms with Crippen LogP contribution in [0.1, 0.15) is 37.1 Å². The summed E-state index contributed by atoms with van der Waals surface area (Å²) in [6, 6.07) is 5.79. The highest BCUT2D eigenvalue weighted by molar-refractivity contribution is 6.31. The quantitative estimate of drug-likeness (QED) is 0.869. The highest BCUT2D eigenvalue weighted by Crippen LogP contribution is 2.29. The molecule has 2 N–H and O–H groups in total. The molecule has 2 aromatic rings. The van der Waals surface area contributed by atoms with Crippen LogP contribution < -0.4 is 5.73 Å². The molecule has 0 aliphatic carbocycles. The lowest BCUT2D eigenvalue weighted by atomic mass is 10.1. The number of furan rings is 1. The average Bonchev–Trinajstić information content (AvgIpc) is 2.62. The maximum atomic E-state index is 6.03. The van der Waals surface area contributed by atoms with Gasteiger partial charge in [0.15, 0.2) is 0 Å². The molecule has 1 aromatic heterocycles. The predicted octanol–water partition coefficient (Wildman–Crippen LogP) is 4.19. The Balaban J connectivity index is 2.47. The first kappa shape index (κ1) is 11.5. The minimum absolute atomic E-state index is 0.0180. The lowest BCUT2D eigenvalue weighted by Gasteiger charge is -2.05. The van der Waals surface area contributed by atoms with E-state index in [-0.39, 0.29) is 6.04 Å². The van der Waals surface area contributed by atoms with Crippen molar-refractivity contribution in [2.75, 3.05) is 0 Å². The van der Waals surface area contributed by atoms with Crippen LogP contribution in [0.4, 0.5) is 0 Å². The van der Waals surface area contributed by atoms with Gasteiger partial charge in [-0.2, -0.15) is 0 Å². The summed E-state index contributed by atoms with van der Waals surface area (Å²) in [7, 11) is 0. The second kappa shape index (κ2) is 4.48. The molecule has 0 bridgehead atoms. The standard InChI is InChI=1S/C13H16ClNO/c1-3-4-11(15)12-7-9-6-10(14)5-8(2)13(9)16-12/h5-7,11H,3-4,15H2,1-2H3/t11-/m0/s1. The second-order valence-corrected chi connectivity index (χ2v) is 4.62. The van der Waals surface area contributed by atoms with Crippen molar-refractivity contribution in [2.45, 2.75) is 32.7 Å². The maximum Gasteiger partial charge on any atom is 0.137 e. The summed E-state index contributed by atoms with van der Waals surface area (Å²) in [4.78, 5) is 0. The number of halogens is 1. The predicted molar refractivity (Wildman–Crippen MR) is 67.8 cm³/mol. The lowest BCUT2D eigenvalue weighted by molar-refractivity contribution is 0.474. The molecule has 0 aliphatic rings. The Morgan fingerprint density at radius 1 is 1.38 bits per heavy atom. The first-order valence-corrected chi connectivity index (χ1v) is 5.94. The van der Waals surface area contributed by atoms with Gasteiger partial charge in [-0.15, -0.1) is 0 Å². The fraction of sp³-hybridized carbons (Fsp3) is 0.385. The zero-order chi connectivity index (χ0) is 11.7. The van der Waals surface area contributed by atoms with Gasteiger partial charge in [0.2, 0.25) is 0 Å². The highest BCUT2D eigenvalue weighted by Gasteiger charge is 2.12. The molecule has 0 radical (unpaired) electrons. The summed E-state index contributed by atoms with van der Waals surface area (Å²) in [5.74, 6) is 0.849. The highest BCUT2D eigenvalue weighted by atomic mass is 35.5. The van der Waals surface area contributed by atoms with Gasteiger partial charge < -0.3 is 10.2 Å². The minimum Gasteiger partial charge on any atom is -0.459 e. The molecule has 0 amide bonds. The van der Waals surface area contributed by atoms with E-state index in [1.807, 2.05) is 25.1 Å². The Bertz CT molecular complexity index is 504. The molecular weight excluding hydrogens is 222 g/mol. The van der Waals surface area contributed by atoms with E-state index in [2.05, 4.69) is 6.92 Å². The Morgan fingerprint density at radius 2 is 2.12 bits per heavy atom. The lowest BCUT2D eigenvalue weighted by Crippen LogP contribution is -2.08. The van der Waals surface area contributed by atoms with Crippen LogP contribution in [0.15, 0.2) is 22.6 Å². The van der Waals surface area contributed by atoms with Crippen molar-refractivity contribution >= 4 is 22.6 Å². The number of hydrogen-bond acceptors (Lipinski definition) is 2. The molecule has 0 unspecified atom stereocenters. The Hall–Kier alpha value is -0.990. The fourth-order valence-corrected chi connectivity index (χ4v) is 2.22. The van der Waals surface area contributed by atoms with Crippen LogP contribution in [0.25, 0.3) is 11.0 Å². The smallest absolute Gasteiger partial charge is 0.137 e. The Labute approximate surface area is 100 Å². The van der Waals surface area contributed by atoms with E-state index in [9.17, 15) is 0 Å². The number of rotatable bonds is 3. The number of hydrogen-bond donors (Lipinski definition) is 1. The number of fused-ring (bicyclic) bond motifs is 1. The van der Waals surface area contributed by atoms with E-state index in [1.54, 1.807) is 0 Å². The first-order chi connectivity index (χ1) is 7.61. The Kier molecular flexibility index (Phi) is 3.22. The van der Waals surface area contributed by atoms with Crippen LogP contribution in [-0.2, 0) is 0 Å². The molecule has 86 valence electrons. The molecule has 2 nitrogen and oxygen atoms in total. The van der Waals surface area contributed by atoms with Crippen molar-refractivity contribution in [1.29, 1.82) is 0 Å². The molecule has 16 heavy (non-hydrogen) atoms. The zero-order valence-corrected chi connectivity index (χ0v) is 10.3. The third kappa shape index (κ3) is 2.08. The molecule has 3 heteroatoms. The summed E-state index contributed by atoms with van der Waals surface area (Å²) in [6.07, 6.45) is 1.99. The van der Waals surface area contributed by atoms with E-state index in [1.165, 1.54) is 0 Å². The third-order valence-electron chi connectivity index (χ3n) is 2.75. The van der Waals surface area contributed by atoms with Gasteiger partial charge >= 0.3 is 0 Å². The zero-order valence-electron chi connectivity index (χ0n) is 9.59. The topological polar surface area (TPSA) is 39.2 Å². The van der Waals surface area contributed by atoms with Gasteiger partial charge in [0.25, 0.3) is 0 Å². The average molecular weight is 238 g/mol. The van der Waals surface area contributed by atoms with Crippen LogP contribution in [-0.4, -0.2) is 0 Å². The van der Waals surface area contributed by atoms with Crippen molar-refractivity contribution in [3.63, 3.8) is 0 Å². The van der Waals surface area contributed by atoms with Crippen LogP contribution >= 0.6 is 11.6 Å². The van der Waals surface area contributed by atoms with E-state index in [0.29, 0.717) is 0 Å². The number of benzene rings is 1. The van der Waals surface area contributed by atoms with Crippen molar-refractivity contribution in [3.8, 4) is 0 Å². The molecule has 0 saturated carbocycles. The monoisotopic (exact) mass is 237 g/mol. The second-order valence-electron chi connectivity index (χ2n) is 4.18. The summed E-state index contributed by atoms with van der Waals surface area (Å²) < 4.78 is 5.78. The molecule has 0 fully saturated rings. The summed E-state index contributed by atoms with van der Waals surface area (Å²) in [5.41, 5.74) is 7.98. The van der Waals surface area contributed by atoms with Crippen LogP contribution in [0.5, 0.6) is 0 Å². The summed E-state index contributed by atoms with van der Waals surface area (Å²) in [6.45, 7) is 4.11. The molecule has 0 saturated heterocycles. The van der Waals surface area contributed by atoms with Crippen LogP contribution in [0.2, 0.25) is 5.02 Å². The Morgan fingerprint density at radius 3 is 2.81 bits per heavy atom. The van der Waals surface area contributed by atoms with E-state index in [4.69, 9.17) is 21.8 Å². The van der Waals surface area contributed by atoms with Gasteiger partial charge in [-0.1, -0.05) is 24.9 Å². The molecule has 0 spiro atoms. The van der Waals surface area contributed by atoms with Crippen LogP contribution in [0.3, 0.4) is 0 Å². The van der Waals surface area contributed by atoms with Crippen molar-refractivity contribution < 1.29 is 4.42 Å². The molecule has 1 atom stereocenters. The van der Waals surface area contributed by atoms with Gasteiger partial charge in [0, 0.05) is 10.4 Å². The normalized spacial score (nSPS) is 13.2. The minimum atomic E-state index is -0.0180. The van der Waals surface area contributed by atoms with Crippen molar-refractivity contribution in [1.82, 2.24) is 0 Å². The molecule has 2 rings (SSSR count). The molecule has 0 aliphatic heterocycles. The van der Waals surface area contributed by atoms with Gasteiger partial charge in [0.05, 0.1) is 6.04 Å². The molecule has 1 heterocycles. The molecular formula is C13H16ClNO. The van der Waals surface area contributed by atoms with E-state index >= 15 is 0 Å². The fourth-order valence-electron chi connectivity index (χ4n) is 1.94. The van der Waals surface area contributed by atoms with Gasteiger partial charge in [0.1, 0.15) is 11.3 Å². The summed E-state index contributed by atoms with van der Waals surface area (Å²) in [5, 5.41) is 1.77. The number of nitrogens with two attached hydrogens (primary N) is 1. The van der Waals surface area contributed by atoms with Gasteiger partial charge in [-0.05, 0) is 37.1 Å². The molecule has 1 aromatic carbocycles. The first-order valence-electron chi connectivity index (χ1n) is 5.57. The summed E-state index contributed by atoms with van der Waals surface area (Å²) >= 11 is 6.00. The van der Waals surface area contributed by atoms with Gasteiger partial charge in [-0.25, -0.2) is 0 Å². The maximum absolute atomic E-state index is 6.03.